The highest BCUT2D eigenvalue weighted by Gasteiger charge is 2.26. The Balaban J connectivity index is 1.62. The number of ether oxygens (including phenoxy) is 1. The summed E-state index contributed by atoms with van der Waals surface area (Å²) in [4.78, 5) is 18.6. The Hall–Kier alpha value is -3.06. The van der Waals surface area contributed by atoms with Crippen LogP contribution in [0.4, 0.5) is 0 Å². The number of hydrogen-bond donors (Lipinski definition) is 3. The highest BCUT2D eigenvalue weighted by Crippen LogP contribution is 2.31. The SMILES string of the molecule is CN=C(NCc1ccc(C(=O)NC)cc1)NCC(c1ccccc1OC)N1CCCC1. The molecule has 166 valence electrons. The summed E-state index contributed by atoms with van der Waals surface area (Å²) in [6.07, 6.45) is 2.45. The minimum Gasteiger partial charge on any atom is -0.496 e. The molecular weight excluding hydrogens is 390 g/mol. The molecular formula is C24H33N5O2. The summed E-state index contributed by atoms with van der Waals surface area (Å²) in [6.45, 7) is 3.54. The van der Waals surface area contributed by atoms with E-state index in [9.17, 15) is 4.79 Å². The van der Waals surface area contributed by atoms with Crippen LogP contribution in [0.25, 0.3) is 0 Å². The van der Waals surface area contributed by atoms with E-state index >= 15 is 0 Å². The van der Waals surface area contributed by atoms with Crippen molar-refractivity contribution in [2.24, 2.45) is 4.99 Å². The molecule has 1 unspecified atom stereocenters. The fourth-order valence-corrected chi connectivity index (χ4v) is 3.95. The second-order valence-electron chi connectivity index (χ2n) is 7.58. The Kier molecular flexibility index (Phi) is 8.29. The molecule has 0 spiro atoms. The lowest BCUT2D eigenvalue weighted by atomic mass is 10.0. The average Bonchev–Trinajstić information content (AvgIpc) is 3.36. The van der Waals surface area contributed by atoms with Gasteiger partial charge in [0.25, 0.3) is 5.91 Å². The van der Waals surface area contributed by atoms with Gasteiger partial charge < -0.3 is 20.7 Å². The van der Waals surface area contributed by atoms with Gasteiger partial charge in [0.1, 0.15) is 5.75 Å². The normalized spacial score (nSPS) is 15.4. The Morgan fingerprint density at radius 3 is 2.45 bits per heavy atom. The number of aliphatic imine (C=N–C) groups is 1. The average molecular weight is 424 g/mol. The number of likely N-dealkylation sites (tertiary alicyclic amines) is 1. The largest absolute Gasteiger partial charge is 0.496 e. The summed E-state index contributed by atoms with van der Waals surface area (Å²) < 4.78 is 5.63. The molecule has 1 fully saturated rings. The van der Waals surface area contributed by atoms with Crippen LogP contribution >= 0.6 is 0 Å². The van der Waals surface area contributed by atoms with Gasteiger partial charge in [-0.1, -0.05) is 30.3 Å². The number of hydrogen-bond acceptors (Lipinski definition) is 4. The van der Waals surface area contributed by atoms with Crippen LogP contribution in [0, 0.1) is 0 Å². The molecule has 1 amide bonds. The number of nitrogens with one attached hydrogen (secondary N) is 3. The standard InChI is InChI=1S/C24H33N5O2/c1-25-23(30)19-12-10-18(11-13-19)16-27-24(26-2)28-17-21(29-14-6-7-15-29)20-8-4-5-9-22(20)31-3/h4-5,8-13,21H,6-7,14-17H2,1-3H3,(H,25,30)(H2,26,27,28). The molecule has 1 aliphatic heterocycles. The van der Waals surface area contributed by atoms with E-state index < -0.39 is 0 Å². The van der Waals surface area contributed by atoms with Gasteiger partial charge >= 0.3 is 0 Å². The van der Waals surface area contributed by atoms with Crippen LogP contribution in [0.5, 0.6) is 5.75 Å². The predicted octanol–water partition coefficient (Wildman–Crippen LogP) is 2.56. The van der Waals surface area contributed by atoms with Gasteiger partial charge in [0.2, 0.25) is 0 Å². The molecule has 2 aromatic carbocycles. The van der Waals surface area contributed by atoms with Crippen molar-refractivity contribution < 1.29 is 9.53 Å². The van der Waals surface area contributed by atoms with E-state index in [1.165, 1.54) is 18.4 Å². The van der Waals surface area contributed by atoms with Gasteiger partial charge in [0.15, 0.2) is 5.96 Å². The van der Waals surface area contributed by atoms with Crippen LogP contribution in [-0.2, 0) is 6.54 Å². The Morgan fingerprint density at radius 1 is 1.10 bits per heavy atom. The third-order valence-corrected chi connectivity index (χ3v) is 5.67. The van der Waals surface area contributed by atoms with Crippen molar-refractivity contribution in [3.63, 3.8) is 0 Å². The highest BCUT2D eigenvalue weighted by molar-refractivity contribution is 5.93. The van der Waals surface area contributed by atoms with Crippen LogP contribution in [0.2, 0.25) is 0 Å². The lowest BCUT2D eigenvalue weighted by Crippen LogP contribution is -2.42. The second-order valence-corrected chi connectivity index (χ2v) is 7.58. The molecule has 1 atom stereocenters. The van der Waals surface area contributed by atoms with E-state index in [0.717, 1.165) is 36.9 Å². The van der Waals surface area contributed by atoms with Gasteiger partial charge in [0.05, 0.1) is 13.2 Å². The van der Waals surface area contributed by atoms with Crippen molar-refractivity contribution in [2.75, 3.05) is 40.8 Å². The van der Waals surface area contributed by atoms with Gasteiger partial charge in [-0.15, -0.1) is 0 Å². The molecule has 0 aromatic heterocycles. The lowest BCUT2D eigenvalue weighted by Gasteiger charge is -2.30. The first kappa shape index (κ1) is 22.6. The number of nitrogens with zero attached hydrogens (tertiary/aromatic N) is 2. The van der Waals surface area contributed by atoms with E-state index in [-0.39, 0.29) is 11.9 Å². The second kappa shape index (κ2) is 11.4. The molecule has 0 radical (unpaired) electrons. The number of guanidine groups is 1. The zero-order valence-electron chi connectivity index (χ0n) is 18.6. The fourth-order valence-electron chi connectivity index (χ4n) is 3.95. The molecule has 0 bridgehead atoms. The van der Waals surface area contributed by atoms with Gasteiger partial charge in [-0.2, -0.15) is 0 Å². The minimum atomic E-state index is -0.0821. The Bertz CT molecular complexity index is 876. The van der Waals surface area contributed by atoms with Gasteiger partial charge in [-0.25, -0.2) is 0 Å². The van der Waals surface area contributed by atoms with Crippen LogP contribution in [-0.4, -0.2) is 57.6 Å². The summed E-state index contributed by atoms with van der Waals surface area (Å²) in [5.74, 6) is 1.58. The number of benzene rings is 2. The quantitative estimate of drug-likeness (QED) is 0.449. The first-order valence-electron chi connectivity index (χ1n) is 10.8. The molecule has 1 saturated heterocycles. The molecule has 7 nitrogen and oxygen atoms in total. The first-order chi connectivity index (χ1) is 15.2. The maximum Gasteiger partial charge on any atom is 0.251 e. The highest BCUT2D eigenvalue weighted by atomic mass is 16.5. The van der Waals surface area contributed by atoms with E-state index in [0.29, 0.717) is 12.1 Å². The van der Waals surface area contributed by atoms with Crippen LogP contribution in [0.1, 0.15) is 40.4 Å². The Morgan fingerprint density at radius 2 is 1.81 bits per heavy atom. The van der Waals surface area contributed by atoms with Gasteiger partial charge in [0, 0.05) is 38.3 Å². The van der Waals surface area contributed by atoms with E-state index in [1.54, 1.807) is 21.2 Å². The number of para-hydroxylation sites is 1. The summed E-state index contributed by atoms with van der Waals surface area (Å²) in [6, 6.07) is 16.0. The molecule has 3 rings (SSSR count). The van der Waals surface area contributed by atoms with Crippen LogP contribution in [0.3, 0.4) is 0 Å². The van der Waals surface area contributed by atoms with E-state index in [1.807, 2.05) is 36.4 Å². The number of carbonyl (C=O) groups excluding carboxylic acids is 1. The van der Waals surface area contributed by atoms with E-state index in [2.05, 4.69) is 38.0 Å². The summed E-state index contributed by atoms with van der Waals surface area (Å²) in [5.41, 5.74) is 2.93. The van der Waals surface area contributed by atoms with Crippen molar-refractivity contribution in [2.45, 2.75) is 25.4 Å². The van der Waals surface area contributed by atoms with Gasteiger partial charge in [-0.05, 0) is 49.7 Å². The minimum absolute atomic E-state index is 0.0821. The van der Waals surface area contributed by atoms with Crippen molar-refractivity contribution in [1.29, 1.82) is 0 Å². The summed E-state index contributed by atoms with van der Waals surface area (Å²) in [7, 11) is 5.13. The van der Waals surface area contributed by atoms with Crippen molar-refractivity contribution >= 4 is 11.9 Å². The molecule has 0 aliphatic carbocycles. The maximum atomic E-state index is 11.7. The Labute approximate surface area is 184 Å². The zero-order chi connectivity index (χ0) is 22.1. The predicted molar refractivity (Wildman–Crippen MR) is 125 cm³/mol. The van der Waals surface area contributed by atoms with Crippen LogP contribution < -0.4 is 20.7 Å². The number of rotatable bonds is 8. The number of methoxy groups -OCH3 is 1. The maximum absolute atomic E-state index is 11.7. The summed E-state index contributed by atoms with van der Waals surface area (Å²) in [5, 5.41) is 9.48. The van der Waals surface area contributed by atoms with Crippen molar-refractivity contribution in [1.82, 2.24) is 20.9 Å². The first-order valence-corrected chi connectivity index (χ1v) is 10.8. The number of carbonyl (C=O) groups is 1. The van der Waals surface area contributed by atoms with Gasteiger partial charge in [-0.3, -0.25) is 14.7 Å². The molecule has 1 aliphatic rings. The molecule has 31 heavy (non-hydrogen) atoms. The van der Waals surface area contributed by atoms with Crippen molar-refractivity contribution in [3.8, 4) is 5.75 Å². The monoisotopic (exact) mass is 423 g/mol. The fraction of sp³-hybridized carbons (Fsp3) is 0.417. The summed E-state index contributed by atoms with van der Waals surface area (Å²) >= 11 is 0. The third-order valence-electron chi connectivity index (χ3n) is 5.67. The smallest absolute Gasteiger partial charge is 0.251 e. The molecule has 3 N–H and O–H groups in total. The molecule has 0 saturated carbocycles. The van der Waals surface area contributed by atoms with Crippen molar-refractivity contribution in [3.05, 3.63) is 65.2 Å². The molecule has 7 heteroatoms. The van der Waals surface area contributed by atoms with E-state index in [4.69, 9.17) is 4.74 Å². The van der Waals surface area contributed by atoms with Crippen LogP contribution in [0.15, 0.2) is 53.5 Å². The molecule has 2 aromatic rings. The topological polar surface area (TPSA) is 78.0 Å². The molecule has 1 heterocycles. The lowest BCUT2D eigenvalue weighted by molar-refractivity contribution is 0.0963. The number of amides is 1. The third kappa shape index (κ3) is 5.98. The zero-order valence-corrected chi connectivity index (χ0v) is 18.6.